The van der Waals surface area contributed by atoms with Crippen LogP contribution >= 0.6 is 0 Å². The standard InChI is InChI=1S/C18H37NO/c1-4-7-8-17-9-11-18(12-10-17,13-15-20-6-3)16-19-14-5-2/h17,19H,4-16H2,1-3H3. The van der Waals surface area contributed by atoms with Gasteiger partial charge in [0.2, 0.25) is 0 Å². The van der Waals surface area contributed by atoms with Gasteiger partial charge in [0.25, 0.3) is 0 Å². The van der Waals surface area contributed by atoms with Crippen LogP contribution in [0.25, 0.3) is 0 Å². The molecule has 0 aromatic heterocycles. The number of hydrogen-bond donors (Lipinski definition) is 1. The molecular weight excluding hydrogens is 246 g/mol. The Morgan fingerprint density at radius 1 is 1.10 bits per heavy atom. The van der Waals surface area contributed by atoms with E-state index in [0.29, 0.717) is 5.41 Å². The van der Waals surface area contributed by atoms with E-state index in [4.69, 9.17) is 4.74 Å². The highest BCUT2D eigenvalue weighted by Crippen LogP contribution is 2.42. The maximum absolute atomic E-state index is 5.63. The van der Waals surface area contributed by atoms with Crippen LogP contribution in [-0.4, -0.2) is 26.3 Å². The fourth-order valence-corrected chi connectivity index (χ4v) is 3.55. The molecule has 1 saturated carbocycles. The molecule has 1 fully saturated rings. The van der Waals surface area contributed by atoms with Gasteiger partial charge in [0.05, 0.1) is 0 Å². The van der Waals surface area contributed by atoms with Gasteiger partial charge < -0.3 is 10.1 Å². The number of hydrogen-bond acceptors (Lipinski definition) is 2. The van der Waals surface area contributed by atoms with Crippen LogP contribution in [0.4, 0.5) is 0 Å². The first kappa shape index (κ1) is 18.0. The third-order valence-electron chi connectivity index (χ3n) is 5.04. The van der Waals surface area contributed by atoms with Gasteiger partial charge in [0.1, 0.15) is 0 Å². The third-order valence-corrected chi connectivity index (χ3v) is 5.04. The van der Waals surface area contributed by atoms with Gasteiger partial charge in [-0.3, -0.25) is 0 Å². The van der Waals surface area contributed by atoms with Crippen LogP contribution < -0.4 is 5.32 Å². The summed E-state index contributed by atoms with van der Waals surface area (Å²) in [5.41, 5.74) is 0.521. The number of ether oxygens (including phenoxy) is 1. The molecule has 0 aromatic carbocycles. The zero-order chi connectivity index (χ0) is 14.7. The average molecular weight is 284 g/mol. The normalized spacial score (nSPS) is 26.9. The minimum absolute atomic E-state index is 0.521. The summed E-state index contributed by atoms with van der Waals surface area (Å²) >= 11 is 0. The SMILES string of the molecule is CCCCC1CCC(CCOCC)(CNCCC)CC1. The quantitative estimate of drug-likeness (QED) is 0.551. The maximum Gasteiger partial charge on any atom is 0.0471 e. The van der Waals surface area contributed by atoms with Gasteiger partial charge in [-0.15, -0.1) is 0 Å². The summed E-state index contributed by atoms with van der Waals surface area (Å²) in [6.45, 7) is 10.8. The summed E-state index contributed by atoms with van der Waals surface area (Å²) in [5, 5.41) is 3.67. The summed E-state index contributed by atoms with van der Waals surface area (Å²) < 4.78 is 5.63. The Bertz CT molecular complexity index is 209. The highest BCUT2D eigenvalue weighted by molar-refractivity contribution is 4.87. The van der Waals surface area contributed by atoms with E-state index in [0.717, 1.165) is 25.7 Å². The van der Waals surface area contributed by atoms with Crippen LogP contribution in [0.15, 0.2) is 0 Å². The molecular formula is C18H37NO. The lowest BCUT2D eigenvalue weighted by atomic mass is 9.67. The molecule has 0 aromatic rings. The minimum atomic E-state index is 0.521. The third kappa shape index (κ3) is 6.58. The fraction of sp³-hybridized carbons (Fsp3) is 1.00. The second-order valence-corrected chi connectivity index (χ2v) is 6.71. The molecule has 120 valence electrons. The molecule has 0 unspecified atom stereocenters. The first-order valence-electron chi connectivity index (χ1n) is 9.04. The number of unbranched alkanes of at least 4 members (excludes halogenated alkanes) is 1. The van der Waals surface area contributed by atoms with Crippen molar-refractivity contribution < 1.29 is 4.74 Å². The van der Waals surface area contributed by atoms with Crippen LogP contribution in [0.5, 0.6) is 0 Å². The van der Waals surface area contributed by atoms with Crippen LogP contribution in [0, 0.1) is 11.3 Å². The molecule has 0 spiro atoms. The minimum Gasteiger partial charge on any atom is -0.382 e. The van der Waals surface area contributed by atoms with Gasteiger partial charge in [-0.25, -0.2) is 0 Å². The van der Waals surface area contributed by atoms with Crippen molar-refractivity contribution in [2.24, 2.45) is 11.3 Å². The van der Waals surface area contributed by atoms with E-state index in [9.17, 15) is 0 Å². The molecule has 2 nitrogen and oxygen atoms in total. The van der Waals surface area contributed by atoms with Crippen molar-refractivity contribution >= 4 is 0 Å². The molecule has 0 bridgehead atoms. The van der Waals surface area contributed by atoms with Crippen molar-refractivity contribution in [3.05, 3.63) is 0 Å². The Balaban J connectivity index is 2.39. The van der Waals surface area contributed by atoms with E-state index in [-0.39, 0.29) is 0 Å². The summed E-state index contributed by atoms with van der Waals surface area (Å²) in [6, 6.07) is 0. The van der Waals surface area contributed by atoms with Crippen molar-refractivity contribution in [2.45, 2.75) is 78.6 Å². The van der Waals surface area contributed by atoms with Gasteiger partial charge in [-0.1, -0.05) is 33.1 Å². The van der Waals surface area contributed by atoms with Crippen molar-refractivity contribution in [3.63, 3.8) is 0 Å². The zero-order valence-electron chi connectivity index (χ0n) is 14.2. The fourth-order valence-electron chi connectivity index (χ4n) is 3.55. The van der Waals surface area contributed by atoms with Crippen molar-refractivity contribution in [2.75, 3.05) is 26.3 Å². The molecule has 0 saturated heterocycles. The molecule has 0 amide bonds. The lowest BCUT2D eigenvalue weighted by Gasteiger charge is -2.41. The van der Waals surface area contributed by atoms with Gasteiger partial charge in [0.15, 0.2) is 0 Å². The van der Waals surface area contributed by atoms with Crippen LogP contribution in [0.3, 0.4) is 0 Å². The predicted molar refractivity (Wildman–Crippen MR) is 88.2 cm³/mol. The molecule has 0 heterocycles. The van der Waals surface area contributed by atoms with E-state index < -0.39 is 0 Å². The first-order valence-corrected chi connectivity index (χ1v) is 9.04. The molecule has 2 heteroatoms. The average Bonchev–Trinajstić information content (AvgIpc) is 2.47. The summed E-state index contributed by atoms with van der Waals surface area (Å²) in [5.74, 6) is 1.00. The Hall–Kier alpha value is -0.0800. The van der Waals surface area contributed by atoms with Gasteiger partial charge in [-0.2, -0.15) is 0 Å². The molecule has 0 radical (unpaired) electrons. The molecule has 1 aliphatic carbocycles. The van der Waals surface area contributed by atoms with Crippen LogP contribution in [-0.2, 0) is 4.74 Å². The highest BCUT2D eigenvalue weighted by Gasteiger charge is 2.34. The van der Waals surface area contributed by atoms with E-state index >= 15 is 0 Å². The summed E-state index contributed by atoms with van der Waals surface area (Å²) in [7, 11) is 0. The van der Waals surface area contributed by atoms with Crippen molar-refractivity contribution in [1.82, 2.24) is 5.32 Å². The number of rotatable bonds is 11. The lowest BCUT2D eigenvalue weighted by Crippen LogP contribution is -2.39. The molecule has 0 aliphatic heterocycles. The van der Waals surface area contributed by atoms with E-state index in [2.05, 4.69) is 26.1 Å². The summed E-state index contributed by atoms with van der Waals surface area (Å²) in [6.07, 6.45) is 12.4. The Morgan fingerprint density at radius 2 is 1.85 bits per heavy atom. The Kier molecular flexibility index (Phi) is 9.54. The van der Waals surface area contributed by atoms with Gasteiger partial charge in [0, 0.05) is 19.8 Å². The van der Waals surface area contributed by atoms with E-state index in [1.807, 2.05) is 0 Å². The van der Waals surface area contributed by atoms with Crippen molar-refractivity contribution in [3.8, 4) is 0 Å². The maximum atomic E-state index is 5.63. The second kappa shape index (κ2) is 10.6. The van der Waals surface area contributed by atoms with E-state index in [1.165, 1.54) is 64.3 Å². The molecule has 1 N–H and O–H groups in total. The monoisotopic (exact) mass is 283 g/mol. The molecule has 0 atom stereocenters. The predicted octanol–water partition coefficient (Wildman–Crippen LogP) is 4.78. The largest absolute Gasteiger partial charge is 0.382 e. The van der Waals surface area contributed by atoms with Crippen molar-refractivity contribution in [1.29, 1.82) is 0 Å². The Labute approximate surface area is 127 Å². The first-order chi connectivity index (χ1) is 9.76. The smallest absolute Gasteiger partial charge is 0.0471 e. The van der Waals surface area contributed by atoms with Gasteiger partial charge >= 0.3 is 0 Å². The molecule has 20 heavy (non-hydrogen) atoms. The number of nitrogens with one attached hydrogen (secondary N) is 1. The Morgan fingerprint density at radius 3 is 2.45 bits per heavy atom. The lowest BCUT2D eigenvalue weighted by molar-refractivity contribution is 0.0661. The van der Waals surface area contributed by atoms with Crippen LogP contribution in [0.1, 0.15) is 78.6 Å². The van der Waals surface area contributed by atoms with Crippen LogP contribution in [0.2, 0.25) is 0 Å². The summed E-state index contributed by atoms with van der Waals surface area (Å²) in [4.78, 5) is 0. The molecule has 1 rings (SSSR count). The van der Waals surface area contributed by atoms with Gasteiger partial charge in [-0.05, 0) is 63.3 Å². The molecule has 1 aliphatic rings. The topological polar surface area (TPSA) is 21.3 Å². The zero-order valence-corrected chi connectivity index (χ0v) is 14.2. The highest BCUT2D eigenvalue weighted by atomic mass is 16.5. The van der Waals surface area contributed by atoms with E-state index in [1.54, 1.807) is 0 Å². The second-order valence-electron chi connectivity index (χ2n) is 6.71.